The number of benzene rings is 1. The zero-order chi connectivity index (χ0) is 20.9. The van der Waals surface area contributed by atoms with E-state index in [4.69, 9.17) is 17.3 Å². The first-order valence-electron chi connectivity index (χ1n) is 9.64. The number of halogens is 1. The number of pyridine rings is 2. The third-order valence-electron chi connectivity index (χ3n) is 4.90. The number of fused-ring (bicyclic) bond motifs is 1. The van der Waals surface area contributed by atoms with Gasteiger partial charge in [0.2, 0.25) is 0 Å². The first-order valence-corrected chi connectivity index (χ1v) is 10.8. The minimum absolute atomic E-state index is 0. The molecule has 5 nitrogen and oxygen atoms in total. The van der Waals surface area contributed by atoms with Crippen molar-refractivity contribution in [2.75, 3.05) is 5.73 Å². The number of Topliss-reactive ketones (excluding diaryl/α,β-unsaturated/α-hetero) is 1. The van der Waals surface area contributed by atoms with Gasteiger partial charge in [0.15, 0.2) is 5.78 Å². The molecule has 0 amide bonds. The molecule has 0 spiro atoms. The fourth-order valence-corrected chi connectivity index (χ4v) is 4.62. The van der Waals surface area contributed by atoms with Crippen molar-refractivity contribution in [2.24, 2.45) is 0 Å². The number of aromatic nitrogens is 2. The van der Waals surface area contributed by atoms with Crippen LogP contribution in [0, 0.1) is 0 Å². The molecule has 4 aromatic rings. The fraction of sp³-hybridized carbons (Fsp3) is 0.208. The zero-order valence-electron chi connectivity index (χ0n) is 16.3. The molecule has 3 aromatic heterocycles. The summed E-state index contributed by atoms with van der Waals surface area (Å²) in [6, 6.07) is 13.7. The Bertz CT molecular complexity index is 1180. The summed E-state index contributed by atoms with van der Waals surface area (Å²) in [4.78, 5) is 22.5. The molecule has 0 atom stereocenters. The Labute approximate surface area is 191 Å². The molecule has 0 unspecified atom stereocenters. The number of carbonyl (C=O) groups is 1. The second kappa shape index (κ2) is 10.5. The van der Waals surface area contributed by atoms with Crippen LogP contribution in [0.4, 0.5) is 5.82 Å². The number of nitrogen functional groups attached to an aromatic ring is 1. The Morgan fingerprint density at radius 1 is 1.03 bits per heavy atom. The average Bonchev–Trinajstić information content (AvgIpc) is 3.13. The largest absolute Gasteiger partial charge is 0.383 e. The zero-order valence-corrected chi connectivity index (χ0v) is 17.8. The lowest BCUT2D eigenvalue weighted by Gasteiger charge is -2.05. The number of hydrogen-bond donors (Lipinski definition) is 2. The van der Waals surface area contributed by atoms with Crippen LogP contribution in [-0.2, 0) is 19.5 Å². The molecule has 0 fully saturated rings. The van der Waals surface area contributed by atoms with E-state index in [0.29, 0.717) is 35.1 Å². The summed E-state index contributed by atoms with van der Waals surface area (Å²) in [7, 11) is 0. The van der Waals surface area contributed by atoms with Crippen molar-refractivity contribution in [3.05, 3.63) is 87.0 Å². The van der Waals surface area contributed by atoms with Gasteiger partial charge in [-0.2, -0.15) is 0 Å². The van der Waals surface area contributed by atoms with E-state index in [9.17, 15) is 4.79 Å². The monoisotopic (exact) mass is 452 g/mol. The number of hydrogen-bond acceptors (Lipinski definition) is 6. The molecule has 31 heavy (non-hydrogen) atoms. The van der Waals surface area contributed by atoms with Gasteiger partial charge in [-0.1, -0.05) is 37.2 Å². The molecule has 0 saturated carbocycles. The Morgan fingerprint density at radius 2 is 1.84 bits per heavy atom. The summed E-state index contributed by atoms with van der Waals surface area (Å²) < 4.78 is 0. The Morgan fingerprint density at radius 3 is 2.65 bits per heavy atom. The lowest BCUT2D eigenvalue weighted by molar-refractivity contribution is 0.0986. The van der Waals surface area contributed by atoms with E-state index in [2.05, 4.69) is 21.4 Å². The highest BCUT2D eigenvalue weighted by Gasteiger charge is 2.14. The third kappa shape index (κ3) is 5.67. The highest BCUT2D eigenvalue weighted by molar-refractivity contribution is 7.14. The molecule has 1 aromatic carbocycles. The van der Waals surface area contributed by atoms with Gasteiger partial charge in [0, 0.05) is 48.4 Å². The summed E-state index contributed by atoms with van der Waals surface area (Å²) >= 11 is 7.82. The molecule has 0 saturated heterocycles. The van der Waals surface area contributed by atoms with Crippen LogP contribution in [0.25, 0.3) is 10.8 Å². The quantitative estimate of drug-likeness (QED) is 0.337. The SMILES string of the molecule is C.Nc1nccc2cc(CCC(=O)c3cc(Cl)c(CNCc4ccncc4)s3)ccc12. The van der Waals surface area contributed by atoms with Gasteiger partial charge >= 0.3 is 0 Å². The second-order valence-electron chi connectivity index (χ2n) is 7.02. The maximum Gasteiger partial charge on any atom is 0.173 e. The summed E-state index contributed by atoms with van der Waals surface area (Å²) in [6.07, 6.45) is 6.35. The van der Waals surface area contributed by atoms with Crippen molar-refractivity contribution in [3.8, 4) is 0 Å². The highest BCUT2D eigenvalue weighted by atomic mass is 35.5. The molecule has 0 aliphatic rings. The summed E-state index contributed by atoms with van der Waals surface area (Å²) in [5.41, 5.74) is 8.16. The second-order valence-corrected chi connectivity index (χ2v) is 8.56. The van der Waals surface area contributed by atoms with Crippen LogP contribution in [0.5, 0.6) is 0 Å². The standard InChI is InChI=1S/C23H21ClN4OS.CH4/c24-19-12-21(30-22(19)14-27-13-16-5-8-26-9-6-16)20(29)4-2-15-1-3-18-17(11-15)7-10-28-23(18)25;/h1,3,5-12,27H,2,4,13-14H2,(H2,25,28);1H4. The Balaban J connectivity index is 0.00000272. The molecule has 4 rings (SSSR count). The van der Waals surface area contributed by atoms with Gasteiger partial charge in [-0.3, -0.25) is 9.78 Å². The number of aryl methyl sites for hydroxylation is 1. The number of nitrogens with zero attached hydrogens (tertiary/aromatic N) is 2. The van der Waals surface area contributed by atoms with Crippen molar-refractivity contribution in [1.29, 1.82) is 0 Å². The maximum absolute atomic E-state index is 12.7. The van der Waals surface area contributed by atoms with Crippen LogP contribution >= 0.6 is 22.9 Å². The summed E-state index contributed by atoms with van der Waals surface area (Å²) in [5, 5.41) is 5.97. The minimum Gasteiger partial charge on any atom is -0.383 e. The Kier molecular flexibility index (Phi) is 7.74. The lowest BCUT2D eigenvalue weighted by atomic mass is 10.0. The molecule has 0 radical (unpaired) electrons. The van der Waals surface area contributed by atoms with Crippen molar-refractivity contribution >= 4 is 45.3 Å². The molecular weight excluding hydrogens is 428 g/mol. The average molecular weight is 453 g/mol. The van der Waals surface area contributed by atoms with Crippen LogP contribution in [0.3, 0.4) is 0 Å². The van der Waals surface area contributed by atoms with E-state index < -0.39 is 0 Å². The first kappa shape index (κ1) is 22.9. The van der Waals surface area contributed by atoms with Crippen LogP contribution in [0.2, 0.25) is 5.02 Å². The normalized spacial score (nSPS) is 10.7. The van der Waals surface area contributed by atoms with Crippen LogP contribution in [0.15, 0.2) is 61.1 Å². The topological polar surface area (TPSA) is 80.9 Å². The number of ketones is 1. The molecule has 0 aliphatic heterocycles. The molecule has 3 N–H and O–H groups in total. The van der Waals surface area contributed by atoms with E-state index in [1.54, 1.807) is 24.7 Å². The number of carbonyl (C=O) groups excluding carboxylic acids is 1. The van der Waals surface area contributed by atoms with Crippen LogP contribution < -0.4 is 11.1 Å². The van der Waals surface area contributed by atoms with E-state index in [-0.39, 0.29) is 13.2 Å². The number of nitrogens with one attached hydrogen (secondary N) is 1. The first-order chi connectivity index (χ1) is 14.6. The van der Waals surface area contributed by atoms with E-state index in [1.807, 2.05) is 30.3 Å². The summed E-state index contributed by atoms with van der Waals surface area (Å²) in [5.74, 6) is 0.630. The molecule has 160 valence electrons. The third-order valence-corrected chi connectivity index (χ3v) is 6.52. The van der Waals surface area contributed by atoms with Gasteiger partial charge in [-0.05, 0) is 47.2 Å². The molecule has 0 bridgehead atoms. The minimum atomic E-state index is 0. The number of anilines is 1. The predicted molar refractivity (Wildman–Crippen MR) is 130 cm³/mol. The van der Waals surface area contributed by atoms with Gasteiger partial charge < -0.3 is 11.1 Å². The van der Waals surface area contributed by atoms with Gasteiger partial charge in [-0.15, -0.1) is 11.3 Å². The van der Waals surface area contributed by atoms with E-state index >= 15 is 0 Å². The van der Waals surface area contributed by atoms with Gasteiger partial charge in [0.1, 0.15) is 5.82 Å². The molecule has 0 aliphatic carbocycles. The van der Waals surface area contributed by atoms with Crippen molar-refractivity contribution in [2.45, 2.75) is 33.4 Å². The number of rotatable bonds is 8. The van der Waals surface area contributed by atoms with Gasteiger partial charge in [0.05, 0.1) is 9.90 Å². The Hall–Kier alpha value is -2.80. The van der Waals surface area contributed by atoms with Crippen molar-refractivity contribution in [3.63, 3.8) is 0 Å². The van der Waals surface area contributed by atoms with Gasteiger partial charge in [-0.25, -0.2) is 4.98 Å². The van der Waals surface area contributed by atoms with Crippen LogP contribution in [-0.4, -0.2) is 15.8 Å². The smallest absolute Gasteiger partial charge is 0.173 e. The predicted octanol–water partition coefficient (Wildman–Crippen LogP) is 5.67. The molecular formula is C24H25ClN4OS. The maximum atomic E-state index is 12.7. The van der Waals surface area contributed by atoms with Gasteiger partial charge in [0.25, 0.3) is 0 Å². The highest BCUT2D eigenvalue weighted by Crippen LogP contribution is 2.28. The van der Waals surface area contributed by atoms with Crippen molar-refractivity contribution in [1.82, 2.24) is 15.3 Å². The number of nitrogens with two attached hydrogens (primary N) is 1. The lowest BCUT2D eigenvalue weighted by Crippen LogP contribution is -2.11. The molecule has 7 heteroatoms. The number of thiophene rings is 1. The fourth-order valence-electron chi connectivity index (χ4n) is 3.27. The van der Waals surface area contributed by atoms with Crippen LogP contribution in [0.1, 0.15) is 39.5 Å². The van der Waals surface area contributed by atoms with E-state index in [0.717, 1.165) is 33.3 Å². The van der Waals surface area contributed by atoms with E-state index in [1.165, 1.54) is 11.3 Å². The molecule has 3 heterocycles. The summed E-state index contributed by atoms with van der Waals surface area (Å²) in [6.45, 7) is 1.35. The van der Waals surface area contributed by atoms with Crippen molar-refractivity contribution < 1.29 is 4.79 Å².